The van der Waals surface area contributed by atoms with Crippen LogP contribution in [-0.2, 0) is 0 Å². The minimum absolute atomic E-state index is 0.150. The Balaban J connectivity index is 2.90. The van der Waals surface area contributed by atoms with Crippen molar-refractivity contribution < 1.29 is 10.2 Å². The van der Waals surface area contributed by atoms with Crippen molar-refractivity contribution >= 4 is 0 Å². The molecule has 0 aromatic heterocycles. The Bertz CT molecular complexity index is 403. The van der Waals surface area contributed by atoms with Crippen LogP contribution in [0.25, 0.3) is 0 Å². The molecule has 1 saturated carbocycles. The van der Waals surface area contributed by atoms with Gasteiger partial charge in [0.25, 0.3) is 0 Å². The SMILES string of the molecule is CC(CCO)C(CC1CC(C(C)(C)C)C(O)CC1C)CC(C)C(C)(C)C. The number of aliphatic hydroxyl groups excluding tert-OH is 2. The van der Waals surface area contributed by atoms with Crippen molar-refractivity contribution in [1.29, 1.82) is 0 Å². The van der Waals surface area contributed by atoms with E-state index >= 15 is 0 Å². The zero-order chi connectivity index (χ0) is 20.3. The Labute approximate surface area is 164 Å². The average Bonchev–Trinajstić information content (AvgIpc) is 2.46. The number of hydrogen-bond donors (Lipinski definition) is 2. The van der Waals surface area contributed by atoms with Gasteiger partial charge >= 0.3 is 0 Å². The van der Waals surface area contributed by atoms with Gasteiger partial charge in [-0.05, 0) is 78.4 Å². The van der Waals surface area contributed by atoms with Gasteiger partial charge in [0.1, 0.15) is 0 Å². The summed E-state index contributed by atoms with van der Waals surface area (Å²) in [5.41, 5.74) is 0.502. The van der Waals surface area contributed by atoms with E-state index in [1.807, 2.05) is 0 Å². The van der Waals surface area contributed by atoms with E-state index in [9.17, 15) is 10.2 Å². The molecule has 0 heterocycles. The summed E-state index contributed by atoms with van der Waals surface area (Å²) in [6.45, 7) is 21.2. The van der Waals surface area contributed by atoms with Crippen LogP contribution in [0, 0.1) is 46.3 Å². The van der Waals surface area contributed by atoms with E-state index in [0.29, 0.717) is 47.5 Å². The molecule has 1 fully saturated rings. The quantitative estimate of drug-likeness (QED) is 0.565. The molecule has 0 spiro atoms. The van der Waals surface area contributed by atoms with Gasteiger partial charge in [-0.3, -0.25) is 0 Å². The van der Waals surface area contributed by atoms with Crippen molar-refractivity contribution in [2.24, 2.45) is 46.3 Å². The van der Waals surface area contributed by atoms with Gasteiger partial charge in [-0.25, -0.2) is 0 Å². The smallest absolute Gasteiger partial charge is 0.0576 e. The fourth-order valence-corrected chi connectivity index (χ4v) is 4.91. The molecule has 156 valence electrons. The van der Waals surface area contributed by atoms with E-state index in [4.69, 9.17) is 0 Å². The first-order chi connectivity index (χ1) is 11.8. The van der Waals surface area contributed by atoms with Crippen LogP contribution < -0.4 is 0 Å². The molecule has 2 N–H and O–H groups in total. The van der Waals surface area contributed by atoms with Gasteiger partial charge in [-0.2, -0.15) is 0 Å². The van der Waals surface area contributed by atoms with Gasteiger partial charge < -0.3 is 10.2 Å². The summed E-state index contributed by atoms with van der Waals surface area (Å²) < 4.78 is 0. The fraction of sp³-hybridized carbons (Fsp3) is 1.00. The maximum atomic E-state index is 10.6. The van der Waals surface area contributed by atoms with E-state index in [-0.39, 0.29) is 11.5 Å². The van der Waals surface area contributed by atoms with Crippen LogP contribution in [0.3, 0.4) is 0 Å². The van der Waals surface area contributed by atoms with E-state index in [2.05, 4.69) is 62.3 Å². The van der Waals surface area contributed by atoms with Crippen LogP contribution in [0.1, 0.15) is 94.4 Å². The Kier molecular flexibility index (Phi) is 8.67. The lowest BCUT2D eigenvalue weighted by Crippen LogP contribution is -2.42. The first kappa shape index (κ1) is 24.0. The van der Waals surface area contributed by atoms with Crippen LogP contribution in [0.2, 0.25) is 0 Å². The number of aliphatic hydroxyl groups is 2. The molecule has 7 unspecified atom stereocenters. The van der Waals surface area contributed by atoms with Crippen LogP contribution in [0.15, 0.2) is 0 Å². The topological polar surface area (TPSA) is 40.5 Å². The van der Waals surface area contributed by atoms with Gasteiger partial charge in [0.15, 0.2) is 0 Å². The van der Waals surface area contributed by atoms with Crippen LogP contribution in [0.4, 0.5) is 0 Å². The summed E-state index contributed by atoms with van der Waals surface area (Å²) in [4.78, 5) is 0. The van der Waals surface area contributed by atoms with Gasteiger partial charge in [0.2, 0.25) is 0 Å². The van der Waals surface area contributed by atoms with Crippen molar-refractivity contribution in [2.75, 3.05) is 6.61 Å². The second-order valence-corrected chi connectivity index (χ2v) is 11.7. The molecular weight excluding hydrogens is 320 g/mol. The first-order valence-corrected chi connectivity index (χ1v) is 11.1. The molecule has 1 aliphatic carbocycles. The molecule has 2 heteroatoms. The summed E-state index contributed by atoms with van der Waals surface area (Å²) in [7, 11) is 0. The molecule has 0 radical (unpaired) electrons. The maximum absolute atomic E-state index is 10.6. The van der Waals surface area contributed by atoms with E-state index in [1.165, 1.54) is 12.8 Å². The Hall–Kier alpha value is -0.0800. The monoisotopic (exact) mass is 368 g/mol. The molecule has 0 amide bonds. The highest BCUT2D eigenvalue weighted by molar-refractivity contribution is 4.91. The van der Waals surface area contributed by atoms with Gasteiger partial charge in [0, 0.05) is 6.61 Å². The second kappa shape index (κ2) is 9.41. The molecule has 7 atom stereocenters. The van der Waals surface area contributed by atoms with Crippen LogP contribution in [-0.4, -0.2) is 22.9 Å². The highest BCUT2D eigenvalue weighted by Gasteiger charge is 2.41. The Morgan fingerprint density at radius 1 is 1.00 bits per heavy atom. The lowest BCUT2D eigenvalue weighted by Gasteiger charge is -2.46. The molecule has 2 nitrogen and oxygen atoms in total. The molecule has 1 aliphatic rings. The molecule has 0 aliphatic heterocycles. The van der Waals surface area contributed by atoms with E-state index in [1.54, 1.807) is 0 Å². The van der Waals surface area contributed by atoms with Gasteiger partial charge in [-0.15, -0.1) is 0 Å². The highest BCUT2D eigenvalue weighted by Crippen LogP contribution is 2.47. The molecule has 0 aromatic rings. The number of rotatable bonds is 7. The van der Waals surface area contributed by atoms with Gasteiger partial charge in [0.05, 0.1) is 6.10 Å². The summed E-state index contributed by atoms with van der Waals surface area (Å²) in [6, 6.07) is 0. The standard InChI is InChI=1S/C24H48O2/c1-16(10-11-25)19(13-18(3)23(4,5)6)14-20-15-21(24(7,8)9)22(26)12-17(20)2/h16-22,25-26H,10-15H2,1-9H3. The van der Waals surface area contributed by atoms with Crippen molar-refractivity contribution in [1.82, 2.24) is 0 Å². The van der Waals surface area contributed by atoms with Crippen molar-refractivity contribution in [2.45, 2.75) is 101 Å². The molecular formula is C24H48O2. The summed E-state index contributed by atoms with van der Waals surface area (Å²) in [5.74, 6) is 3.60. The van der Waals surface area contributed by atoms with Crippen molar-refractivity contribution in [3.63, 3.8) is 0 Å². The Morgan fingerprint density at radius 3 is 2.04 bits per heavy atom. The minimum Gasteiger partial charge on any atom is -0.396 e. The van der Waals surface area contributed by atoms with Crippen LogP contribution in [0.5, 0.6) is 0 Å². The second-order valence-electron chi connectivity index (χ2n) is 11.7. The molecule has 26 heavy (non-hydrogen) atoms. The van der Waals surface area contributed by atoms with Crippen LogP contribution >= 0.6 is 0 Å². The van der Waals surface area contributed by atoms with E-state index < -0.39 is 0 Å². The van der Waals surface area contributed by atoms with Gasteiger partial charge in [-0.1, -0.05) is 62.3 Å². The third kappa shape index (κ3) is 6.82. The lowest BCUT2D eigenvalue weighted by atomic mass is 9.61. The lowest BCUT2D eigenvalue weighted by molar-refractivity contribution is -0.0376. The third-order valence-electron chi connectivity index (χ3n) is 7.68. The Morgan fingerprint density at radius 2 is 1.58 bits per heavy atom. The highest BCUT2D eigenvalue weighted by atomic mass is 16.3. The molecule has 0 aromatic carbocycles. The summed E-state index contributed by atoms with van der Waals surface area (Å²) in [5, 5.41) is 20.1. The molecule has 0 saturated heterocycles. The fourth-order valence-electron chi connectivity index (χ4n) is 4.91. The number of hydrogen-bond acceptors (Lipinski definition) is 2. The first-order valence-electron chi connectivity index (χ1n) is 11.1. The summed E-state index contributed by atoms with van der Waals surface area (Å²) >= 11 is 0. The largest absolute Gasteiger partial charge is 0.396 e. The zero-order valence-corrected chi connectivity index (χ0v) is 19.2. The average molecular weight is 369 g/mol. The van der Waals surface area contributed by atoms with Crippen molar-refractivity contribution in [3.8, 4) is 0 Å². The third-order valence-corrected chi connectivity index (χ3v) is 7.68. The predicted molar refractivity (Wildman–Crippen MR) is 113 cm³/mol. The maximum Gasteiger partial charge on any atom is 0.0576 e. The zero-order valence-electron chi connectivity index (χ0n) is 19.2. The molecule has 1 rings (SSSR count). The van der Waals surface area contributed by atoms with Crippen molar-refractivity contribution in [3.05, 3.63) is 0 Å². The minimum atomic E-state index is -0.150. The normalized spacial score (nSPS) is 31.5. The summed E-state index contributed by atoms with van der Waals surface area (Å²) in [6.07, 6.45) is 5.36. The predicted octanol–water partition coefficient (Wildman–Crippen LogP) is 6.15. The molecule has 0 bridgehead atoms. The van der Waals surface area contributed by atoms with E-state index in [0.717, 1.165) is 19.3 Å².